The zero-order valence-electron chi connectivity index (χ0n) is 7.69. The fourth-order valence-electron chi connectivity index (χ4n) is 1.23. The number of furan rings is 1. The van der Waals surface area contributed by atoms with Gasteiger partial charge in [0.1, 0.15) is 0 Å². The Morgan fingerprint density at radius 2 is 2.50 bits per heavy atom. The molecule has 14 heavy (non-hydrogen) atoms. The van der Waals surface area contributed by atoms with Crippen molar-refractivity contribution in [1.29, 1.82) is 0 Å². The maximum absolute atomic E-state index is 11.0. The number of esters is 1. The average molecular weight is 191 g/mol. The third kappa shape index (κ3) is 1.59. The fourth-order valence-corrected chi connectivity index (χ4v) is 1.23. The van der Waals surface area contributed by atoms with E-state index < -0.39 is 0 Å². The summed E-state index contributed by atoms with van der Waals surface area (Å²) in [7, 11) is 1.36. The molecule has 0 fully saturated rings. The molecule has 0 bridgehead atoms. The topological polar surface area (TPSA) is 52.3 Å². The second-order valence-electron chi connectivity index (χ2n) is 2.89. The number of hydrogen-bond acceptors (Lipinski definition) is 4. The third-order valence-electron chi connectivity index (χ3n) is 1.95. The highest BCUT2D eigenvalue weighted by Gasteiger charge is 2.05. The molecule has 0 aliphatic heterocycles. The first-order valence-corrected chi connectivity index (χ1v) is 4.18. The minimum Gasteiger partial charge on any atom is -0.469 e. The van der Waals surface area contributed by atoms with Crippen molar-refractivity contribution in [2.45, 2.75) is 6.42 Å². The predicted octanol–water partition coefficient (Wildman–Crippen LogP) is 1.54. The summed E-state index contributed by atoms with van der Waals surface area (Å²) in [6.45, 7) is 0. The predicted molar refractivity (Wildman–Crippen MR) is 49.7 cm³/mol. The van der Waals surface area contributed by atoms with Crippen LogP contribution in [0.4, 0.5) is 0 Å². The van der Waals surface area contributed by atoms with E-state index in [0.717, 1.165) is 11.0 Å². The van der Waals surface area contributed by atoms with E-state index in [1.165, 1.54) is 7.11 Å². The maximum Gasteiger partial charge on any atom is 0.311 e. The van der Waals surface area contributed by atoms with Crippen LogP contribution in [0.2, 0.25) is 0 Å². The molecule has 0 aromatic carbocycles. The molecule has 2 rings (SSSR count). The minimum absolute atomic E-state index is 0.192. The summed E-state index contributed by atoms with van der Waals surface area (Å²) in [5.41, 5.74) is 1.41. The Balaban J connectivity index is 2.30. The molecule has 2 heterocycles. The second-order valence-corrected chi connectivity index (χ2v) is 2.89. The molecule has 0 saturated carbocycles. The van der Waals surface area contributed by atoms with Crippen molar-refractivity contribution >= 4 is 16.9 Å². The van der Waals surface area contributed by atoms with E-state index in [-0.39, 0.29) is 12.4 Å². The van der Waals surface area contributed by atoms with E-state index >= 15 is 0 Å². The lowest BCUT2D eigenvalue weighted by atomic mass is 10.2. The standard InChI is InChI=1S/C10H9NO3/c1-13-10(12)5-8-4-7-2-3-14-9(7)6-11-8/h2-4,6H,5H2,1H3. The molecule has 0 saturated heterocycles. The van der Waals surface area contributed by atoms with E-state index in [9.17, 15) is 4.79 Å². The van der Waals surface area contributed by atoms with Gasteiger partial charge in [-0.2, -0.15) is 0 Å². The second kappa shape index (κ2) is 3.49. The normalized spacial score (nSPS) is 10.4. The molecule has 0 N–H and O–H groups in total. The zero-order chi connectivity index (χ0) is 9.97. The highest BCUT2D eigenvalue weighted by molar-refractivity contribution is 5.78. The van der Waals surface area contributed by atoms with Gasteiger partial charge in [0.25, 0.3) is 0 Å². The van der Waals surface area contributed by atoms with Crippen LogP contribution in [0.3, 0.4) is 0 Å². The average Bonchev–Trinajstić information content (AvgIpc) is 2.64. The van der Waals surface area contributed by atoms with Crippen molar-refractivity contribution in [3.63, 3.8) is 0 Å². The molecule has 0 radical (unpaired) electrons. The lowest BCUT2D eigenvalue weighted by Crippen LogP contribution is -2.05. The van der Waals surface area contributed by atoms with Crippen molar-refractivity contribution < 1.29 is 13.9 Å². The van der Waals surface area contributed by atoms with Gasteiger partial charge in [0.05, 0.1) is 31.7 Å². The number of carbonyl (C=O) groups is 1. The van der Waals surface area contributed by atoms with Crippen LogP contribution in [0.15, 0.2) is 29.0 Å². The van der Waals surface area contributed by atoms with Crippen LogP contribution in [-0.2, 0) is 16.0 Å². The molecule has 0 spiro atoms. The molecule has 4 heteroatoms. The first-order valence-electron chi connectivity index (χ1n) is 4.18. The van der Waals surface area contributed by atoms with Crippen LogP contribution in [0, 0.1) is 0 Å². The Kier molecular flexibility index (Phi) is 2.18. The van der Waals surface area contributed by atoms with E-state index in [4.69, 9.17) is 4.42 Å². The number of hydrogen-bond donors (Lipinski definition) is 0. The number of ether oxygens (including phenoxy) is 1. The molecule has 0 amide bonds. The molecule has 4 nitrogen and oxygen atoms in total. The van der Waals surface area contributed by atoms with Crippen LogP contribution in [0.5, 0.6) is 0 Å². The molecule has 0 atom stereocenters. The van der Waals surface area contributed by atoms with E-state index in [1.807, 2.05) is 12.1 Å². The van der Waals surface area contributed by atoms with Crippen LogP contribution >= 0.6 is 0 Å². The highest BCUT2D eigenvalue weighted by atomic mass is 16.5. The number of aromatic nitrogens is 1. The van der Waals surface area contributed by atoms with Gasteiger partial charge in [0.2, 0.25) is 0 Å². The van der Waals surface area contributed by atoms with Crippen LogP contribution < -0.4 is 0 Å². The SMILES string of the molecule is COC(=O)Cc1cc2ccoc2cn1. The van der Waals surface area contributed by atoms with Gasteiger partial charge in [-0.3, -0.25) is 9.78 Å². The van der Waals surface area contributed by atoms with Crippen LogP contribution in [0.25, 0.3) is 11.0 Å². The van der Waals surface area contributed by atoms with Gasteiger partial charge in [-0.15, -0.1) is 0 Å². The Morgan fingerprint density at radius 3 is 3.29 bits per heavy atom. The van der Waals surface area contributed by atoms with Crippen molar-refractivity contribution in [3.8, 4) is 0 Å². The van der Waals surface area contributed by atoms with Crippen LogP contribution in [0.1, 0.15) is 5.69 Å². The monoisotopic (exact) mass is 191 g/mol. The summed E-state index contributed by atoms with van der Waals surface area (Å²) in [6.07, 6.45) is 3.39. The number of pyridine rings is 1. The molecule has 0 aliphatic rings. The maximum atomic E-state index is 11.0. The Bertz CT molecular complexity index is 461. The molecule has 2 aromatic rings. The van der Waals surface area contributed by atoms with Crippen molar-refractivity contribution in [1.82, 2.24) is 4.98 Å². The lowest BCUT2D eigenvalue weighted by Gasteiger charge is -1.98. The third-order valence-corrected chi connectivity index (χ3v) is 1.95. The summed E-state index contributed by atoms with van der Waals surface area (Å²) < 4.78 is 9.67. The van der Waals surface area contributed by atoms with E-state index in [0.29, 0.717) is 5.69 Å². The van der Waals surface area contributed by atoms with Gasteiger partial charge >= 0.3 is 5.97 Å². The highest BCUT2D eigenvalue weighted by Crippen LogP contribution is 2.14. The molecule has 72 valence electrons. The summed E-state index contributed by atoms with van der Waals surface area (Å²) in [5, 5.41) is 0.943. The molecular formula is C10H9NO3. The van der Waals surface area contributed by atoms with Gasteiger partial charge < -0.3 is 9.15 Å². The number of carbonyl (C=O) groups excluding carboxylic acids is 1. The Labute approximate surface area is 80.5 Å². The van der Waals surface area contributed by atoms with Gasteiger partial charge in [-0.1, -0.05) is 0 Å². The smallest absolute Gasteiger partial charge is 0.311 e. The first-order chi connectivity index (χ1) is 6.79. The van der Waals surface area contributed by atoms with E-state index in [1.54, 1.807) is 12.5 Å². The van der Waals surface area contributed by atoms with Crippen molar-refractivity contribution in [2.75, 3.05) is 7.11 Å². The first kappa shape index (κ1) is 8.74. The Morgan fingerprint density at radius 1 is 1.64 bits per heavy atom. The summed E-state index contributed by atoms with van der Waals surface area (Å²) in [4.78, 5) is 15.0. The number of rotatable bonds is 2. The zero-order valence-corrected chi connectivity index (χ0v) is 7.69. The number of methoxy groups -OCH3 is 1. The van der Waals surface area contributed by atoms with E-state index in [2.05, 4.69) is 9.72 Å². The molecule has 0 aliphatic carbocycles. The minimum atomic E-state index is -0.291. The lowest BCUT2D eigenvalue weighted by molar-refractivity contribution is -0.139. The van der Waals surface area contributed by atoms with Crippen molar-refractivity contribution in [2.24, 2.45) is 0 Å². The van der Waals surface area contributed by atoms with Gasteiger partial charge in [-0.25, -0.2) is 0 Å². The molecule has 2 aromatic heterocycles. The van der Waals surface area contributed by atoms with Crippen LogP contribution in [-0.4, -0.2) is 18.1 Å². The summed E-state index contributed by atoms with van der Waals surface area (Å²) in [5.74, 6) is -0.291. The quantitative estimate of drug-likeness (QED) is 0.675. The van der Waals surface area contributed by atoms with Gasteiger partial charge in [0, 0.05) is 5.39 Å². The van der Waals surface area contributed by atoms with Gasteiger partial charge in [-0.05, 0) is 12.1 Å². The Hall–Kier alpha value is -1.84. The summed E-state index contributed by atoms with van der Waals surface area (Å²) >= 11 is 0. The van der Waals surface area contributed by atoms with Gasteiger partial charge in [0.15, 0.2) is 5.58 Å². The summed E-state index contributed by atoms with van der Waals surface area (Å²) in [6, 6.07) is 3.65. The fraction of sp³-hybridized carbons (Fsp3) is 0.200. The molecular weight excluding hydrogens is 182 g/mol. The number of nitrogens with zero attached hydrogens (tertiary/aromatic N) is 1. The molecule has 0 unspecified atom stereocenters. The number of fused-ring (bicyclic) bond motifs is 1. The van der Waals surface area contributed by atoms with Crippen molar-refractivity contribution in [3.05, 3.63) is 30.3 Å². The largest absolute Gasteiger partial charge is 0.469 e.